The van der Waals surface area contributed by atoms with Crippen LogP contribution in [-0.4, -0.2) is 56.3 Å². The smallest absolute Gasteiger partial charge is 0.346 e. The minimum absolute atomic E-state index is 0.0556. The molecule has 2 aromatic rings. The molecule has 8 heteroatoms. The summed E-state index contributed by atoms with van der Waals surface area (Å²) >= 11 is 0. The second kappa shape index (κ2) is 8.39. The summed E-state index contributed by atoms with van der Waals surface area (Å²) in [6.45, 7) is 7.53. The van der Waals surface area contributed by atoms with Crippen molar-refractivity contribution in [2.24, 2.45) is 5.92 Å². The lowest BCUT2D eigenvalue weighted by Gasteiger charge is -2.37. The quantitative estimate of drug-likeness (QED) is 0.784. The molecule has 0 bridgehead atoms. The first-order valence-electron chi connectivity index (χ1n) is 10.7. The van der Waals surface area contributed by atoms with E-state index in [9.17, 15) is 9.59 Å². The number of aromatic nitrogens is 4. The zero-order valence-electron chi connectivity index (χ0n) is 17.3. The largest absolute Gasteiger partial charge is 0.353 e. The van der Waals surface area contributed by atoms with E-state index >= 15 is 0 Å². The van der Waals surface area contributed by atoms with Crippen molar-refractivity contribution in [3.63, 3.8) is 0 Å². The van der Waals surface area contributed by atoms with Crippen LogP contribution in [0.1, 0.15) is 45.0 Å². The van der Waals surface area contributed by atoms with Crippen LogP contribution in [0, 0.1) is 5.92 Å². The fourth-order valence-electron chi connectivity index (χ4n) is 4.30. The Hall–Kier alpha value is -2.64. The highest BCUT2D eigenvalue weighted by molar-refractivity contribution is 5.81. The predicted molar refractivity (Wildman–Crippen MR) is 111 cm³/mol. The van der Waals surface area contributed by atoms with Gasteiger partial charge in [-0.05, 0) is 30.9 Å². The number of hydrogen-bond acceptors (Lipinski definition) is 5. The molecule has 2 aliphatic rings. The molecule has 4 heterocycles. The van der Waals surface area contributed by atoms with Crippen molar-refractivity contribution in [1.29, 1.82) is 0 Å². The molecule has 29 heavy (non-hydrogen) atoms. The van der Waals surface area contributed by atoms with Gasteiger partial charge in [0.15, 0.2) is 0 Å². The minimum Gasteiger partial charge on any atom is -0.353 e. The Morgan fingerprint density at radius 2 is 1.97 bits per heavy atom. The zero-order chi connectivity index (χ0) is 20.4. The first-order chi connectivity index (χ1) is 14.0. The molecule has 1 fully saturated rings. The van der Waals surface area contributed by atoms with Crippen molar-refractivity contribution in [1.82, 2.24) is 24.2 Å². The van der Waals surface area contributed by atoms with Crippen LogP contribution in [0.15, 0.2) is 29.2 Å². The molecule has 1 amide bonds. The summed E-state index contributed by atoms with van der Waals surface area (Å²) in [5, 5.41) is 4.56. The Balaban J connectivity index is 1.51. The van der Waals surface area contributed by atoms with E-state index < -0.39 is 6.04 Å². The molecule has 0 saturated carbocycles. The number of amides is 1. The average Bonchev–Trinajstić information content (AvgIpc) is 2.90. The molecule has 8 nitrogen and oxygen atoms in total. The number of anilines is 1. The van der Waals surface area contributed by atoms with Gasteiger partial charge in [-0.3, -0.25) is 9.36 Å². The first kappa shape index (κ1) is 19.7. The van der Waals surface area contributed by atoms with Gasteiger partial charge in [0.2, 0.25) is 5.91 Å². The number of piperazine rings is 1. The van der Waals surface area contributed by atoms with E-state index in [2.05, 4.69) is 28.8 Å². The van der Waals surface area contributed by atoms with E-state index in [1.165, 1.54) is 0 Å². The van der Waals surface area contributed by atoms with Gasteiger partial charge in [0.25, 0.3) is 0 Å². The topological polar surface area (TPSA) is 76.3 Å². The highest BCUT2D eigenvalue weighted by Gasteiger charge is 2.33. The summed E-state index contributed by atoms with van der Waals surface area (Å²) in [5.74, 6) is 2.10. The second-order valence-corrected chi connectivity index (χ2v) is 8.41. The average molecular weight is 399 g/mol. The van der Waals surface area contributed by atoms with Gasteiger partial charge in [0.05, 0.1) is 0 Å². The number of pyridine rings is 1. The van der Waals surface area contributed by atoms with Crippen LogP contribution in [0.3, 0.4) is 0 Å². The van der Waals surface area contributed by atoms with Crippen molar-refractivity contribution in [3.8, 4) is 0 Å². The van der Waals surface area contributed by atoms with E-state index in [0.717, 1.165) is 44.0 Å². The molecule has 2 aliphatic heterocycles. The number of fused-ring (bicyclic) bond motifs is 1. The number of rotatable bonds is 4. The molecule has 2 aromatic heterocycles. The van der Waals surface area contributed by atoms with E-state index in [1.807, 2.05) is 23.1 Å². The molecule has 0 spiro atoms. The summed E-state index contributed by atoms with van der Waals surface area (Å²) in [5.41, 5.74) is -0.138. The first-order valence-corrected chi connectivity index (χ1v) is 10.7. The lowest BCUT2D eigenvalue weighted by Crippen LogP contribution is -2.51. The zero-order valence-corrected chi connectivity index (χ0v) is 17.3. The SMILES string of the molecule is CC(C)Cn1nc2n(c1=O)C(C(=O)N1CCN(c3ccccn3)CC1)CCCC2. The van der Waals surface area contributed by atoms with Crippen LogP contribution in [0.2, 0.25) is 0 Å². The minimum atomic E-state index is -0.428. The third-order valence-electron chi connectivity index (χ3n) is 5.77. The van der Waals surface area contributed by atoms with Crippen LogP contribution in [0.25, 0.3) is 0 Å². The predicted octanol–water partition coefficient (Wildman–Crippen LogP) is 1.71. The maximum atomic E-state index is 13.4. The van der Waals surface area contributed by atoms with Crippen molar-refractivity contribution in [2.45, 2.75) is 52.1 Å². The Kier molecular flexibility index (Phi) is 5.69. The number of carbonyl (C=O) groups is 1. The number of carbonyl (C=O) groups excluding carboxylic acids is 1. The van der Waals surface area contributed by atoms with E-state index in [4.69, 9.17) is 0 Å². The van der Waals surface area contributed by atoms with Crippen molar-refractivity contribution < 1.29 is 4.79 Å². The molecule has 0 N–H and O–H groups in total. The maximum absolute atomic E-state index is 13.4. The van der Waals surface area contributed by atoms with Gasteiger partial charge < -0.3 is 9.80 Å². The molecule has 0 aliphatic carbocycles. The molecule has 0 aromatic carbocycles. The van der Waals surface area contributed by atoms with Gasteiger partial charge in [0, 0.05) is 45.3 Å². The van der Waals surface area contributed by atoms with E-state index in [1.54, 1.807) is 15.4 Å². The van der Waals surface area contributed by atoms with Crippen molar-refractivity contribution in [2.75, 3.05) is 31.1 Å². The molecule has 156 valence electrons. The lowest BCUT2D eigenvalue weighted by atomic mass is 10.1. The Bertz CT molecular complexity index is 896. The standard InChI is InChI=1S/C21H30N6O2/c1-16(2)15-26-21(29)27-17(7-3-4-9-19(27)23-26)20(28)25-13-11-24(12-14-25)18-8-5-6-10-22-18/h5-6,8,10,16-17H,3-4,7,9,11-15H2,1-2H3. The van der Waals surface area contributed by atoms with Crippen molar-refractivity contribution in [3.05, 3.63) is 40.7 Å². The third-order valence-corrected chi connectivity index (χ3v) is 5.77. The van der Waals surface area contributed by atoms with Crippen LogP contribution in [0.5, 0.6) is 0 Å². The third kappa shape index (κ3) is 4.06. The number of nitrogens with zero attached hydrogens (tertiary/aromatic N) is 6. The van der Waals surface area contributed by atoms with Gasteiger partial charge in [-0.1, -0.05) is 26.3 Å². The van der Waals surface area contributed by atoms with E-state index in [0.29, 0.717) is 32.0 Å². The Labute approximate surface area is 171 Å². The Morgan fingerprint density at radius 1 is 1.17 bits per heavy atom. The molecule has 0 radical (unpaired) electrons. The molecule has 1 saturated heterocycles. The van der Waals surface area contributed by atoms with Gasteiger partial charge in [-0.15, -0.1) is 0 Å². The Morgan fingerprint density at radius 3 is 2.66 bits per heavy atom. The molecular formula is C21H30N6O2. The van der Waals surface area contributed by atoms with Gasteiger partial charge in [-0.2, -0.15) is 5.10 Å². The number of aryl methyl sites for hydroxylation is 1. The van der Waals surface area contributed by atoms with Gasteiger partial charge in [-0.25, -0.2) is 14.5 Å². The monoisotopic (exact) mass is 398 g/mol. The van der Waals surface area contributed by atoms with Gasteiger partial charge in [0.1, 0.15) is 17.7 Å². The van der Waals surface area contributed by atoms with Crippen LogP contribution < -0.4 is 10.6 Å². The van der Waals surface area contributed by atoms with Crippen LogP contribution in [0.4, 0.5) is 5.82 Å². The summed E-state index contributed by atoms with van der Waals surface area (Å²) < 4.78 is 3.23. The molecular weight excluding hydrogens is 368 g/mol. The van der Waals surface area contributed by atoms with Crippen molar-refractivity contribution >= 4 is 11.7 Å². The molecule has 4 rings (SSSR count). The fourth-order valence-corrected chi connectivity index (χ4v) is 4.30. The lowest BCUT2D eigenvalue weighted by molar-refractivity contribution is -0.135. The van der Waals surface area contributed by atoms with Crippen LogP contribution >= 0.6 is 0 Å². The van der Waals surface area contributed by atoms with E-state index in [-0.39, 0.29) is 11.6 Å². The fraction of sp³-hybridized carbons (Fsp3) is 0.619. The normalized spacial score (nSPS) is 19.9. The van der Waals surface area contributed by atoms with Gasteiger partial charge >= 0.3 is 5.69 Å². The summed E-state index contributed by atoms with van der Waals surface area (Å²) in [6, 6.07) is 5.46. The summed E-state index contributed by atoms with van der Waals surface area (Å²) in [6.07, 6.45) is 5.17. The number of hydrogen-bond donors (Lipinski definition) is 0. The maximum Gasteiger partial charge on any atom is 0.346 e. The molecule has 1 unspecified atom stereocenters. The highest BCUT2D eigenvalue weighted by Crippen LogP contribution is 2.24. The highest BCUT2D eigenvalue weighted by atomic mass is 16.2. The summed E-state index contributed by atoms with van der Waals surface area (Å²) in [4.78, 5) is 34.9. The molecule has 1 atom stereocenters. The van der Waals surface area contributed by atoms with Crippen LogP contribution in [-0.2, 0) is 17.8 Å². The second-order valence-electron chi connectivity index (χ2n) is 8.41. The summed E-state index contributed by atoms with van der Waals surface area (Å²) in [7, 11) is 0.